The van der Waals surface area contributed by atoms with Gasteiger partial charge in [-0.15, -0.1) is 0 Å². The first kappa shape index (κ1) is 27.6. The van der Waals surface area contributed by atoms with E-state index in [1.165, 1.54) is 32.1 Å². The topological polar surface area (TPSA) is 87.9 Å². The van der Waals surface area contributed by atoms with Crippen molar-refractivity contribution in [1.82, 2.24) is 20.3 Å². The Bertz CT molecular complexity index is 1210. The summed E-state index contributed by atoms with van der Waals surface area (Å²) in [6.45, 7) is 5.66. The van der Waals surface area contributed by atoms with Gasteiger partial charge >= 0.3 is 6.09 Å². The number of aryl methyl sites for hydroxylation is 1. The van der Waals surface area contributed by atoms with Gasteiger partial charge in [-0.1, -0.05) is 54.2 Å². The van der Waals surface area contributed by atoms with Gasteiger partial charge < -0.3 is 24.4 Å². The number of aromatic nitrogens is 1. The summed E-state index contributed by atoms with van der Waals surface area (Å²) in [5.41, 5.74) is 1.33. The van der Waals surface area contributed by atoms with Crippen LogP contribution in [0.15, 0.2) is 28.8 Å². The number of carbonyl (C=O) groups is 2. The van der Waals surface area contributed by atoms with Crippen LogP contribution < -0.4 is 5.32 Å². The van der Waals surface area contributed by atoms with Gasteiger partial charge in [0.25, 0.3) is 5.91 Å². The molecule has 1 N–H and O–H groups in total. The highest BCUT2D eigenvalue weighted by molar-refractivity contribution is 6.33. The lowest BCUT2D eigenvalue weighted by Crippen LogP contribution is -2.61. The molecule has 0 radical (unpaired) electrons. The molecule has 9 heteroatoms. The number of amides is 2. The molecule has 3 saturated heterocycles. The molecule has 0 bridgehead atoms. The summed E-state index contributed by atoms with van der Waals surface area (Å²) in [7, 11) is 0. The molecule has 6 rings (SSSR count). The number of hydrogen-bond acceptors (Lipinski definition) is 6. The summed E-state index contributed by atoms with van der Waals surface area (Å²) >= 11 is 6.44. The normalized spacial score (nSPS) is 24.4. The number of hydrogen-bond donors (Lipinski definition) is 1. The van der Waals surface area contributed by atoms with Crippen LogP contribution in [0.2, 0.25) is 5.02 Å². The van der Waals surface area contributed by atoms with Crippen LogP contribution in [0.1, 0.15) is 80.3 Å². The first-order valence-electron chi connectivity index (χ1n) is 15.1. The Labute approximate surface area is 241 Å². The van der Waals surface area contributed by atoms with E-state index >= 15 is 0 Å². The number of halogens is 1. The average molecular weight is 569 g/mol. The molecule has 4 fully saturated rings. The van der Waals surface area contributed by atoms with Crippen molar-refractivity contribution in [3.8, 4) is 11.3 Å². The maximum absolute atomic E-state index is 13.8. The Morgan fingerprint density at radius 1 is 1.10 bits per heavy atom. The minimum Gasteiger partial charge on any atom is -0.443 e. The van der Waals surface area contributed by atoms with E-state index in [0.717, 1.165) is 51.7 Å². The fourth-order valence-electron chi connectivity index (χ4n) is 7.49. The van der Waals surface area contributed by atoms with E-state index < -0.39 is 0 Å². The van der Waals surface area contributed by atoms with Crippen molar-refractivity contribution in [2.24, 2.45) is 11.8 Å². The molecular formula is C31H41ClN4O4. The van der Waals surface area contributed by atoms with E-state index in [2.05, 4.69) is 15.4 Å². The second-order valence-electron chi connectivity index (χ2n) is 12.3. The molecule has 40 heavy (non-hydrogen) atoms. The van der Waals surface area contributed by atoms with Gasteiger partial charge in [-0.25, -0.2) is 4.79 Å². The summed E-state index contributed by atoms with van der Waals surface area (Å²) in [5, 5.41) is 8.17. The van der Waals surface area contributed by atoms with Crippen molar-refractivity contribution in [3.63, 3.8) is 0 Å². The largest absolute Gasteiger partial charge is 0.443 e. The van der Waals surface area contributed by atoms with Gasteiger partial charge in [0, 0.05) is 37.7 Å². The predicted octanol–water partition coefficient (Wildman–Crippen LogP) is 6.07. The molecule has 4 aliphatic rings. The van der Waals surface area contributed by atoms with Crippen LogP contribution in [0.3, 0.4) is 0 Å². The molecule has 1 aromatic carbocycles. The third-order valence-electron chi connectivity index (χ3n) is 9.79. The van der Waals surface area contributed by atoms with Gasteiger partial charge in [0.05, 0.1) is 5.02 Å². The van der Waals surface area contributed by atoms with Gasteiger partial charge in [0.1, 0.15) is 22.6 Å². The first-order chi connectivity index (χ1) is 19.4. The number of nitrogens with zero attached hydrogens (tertiary/aromatic N) is 3. The molecule has 2 aromatic rings. The molecule has 1 spiro atoms. The summed E-state index contributed by atoms with van der Waals surface area (Å²) in [6.07, 6.45) is 10.5. The highest BCUT2D eigenvalue weighted by Gasteiger charge is 2.49. The fourth-order valence-corrected chi connectivity index (χ4v) is 7.71. The maximum Gasteiger partial charge on any atom is 0.410 e. The number of benzene rings is 1. The third-order valence-corrected chi connectivity index (χ3v) is 10.1. The lowest BCUT2D eigenvalue weighted by Gasteiger charge is -2.51. The average Bonchev–Trinajstić information content (AvgIpc) is 3.36. The van der Waals surface area contributed by atoms with Crippen LogP contribution >= 0.6 is 11.6 Å². The van der Waals surface area contributed by atoms with Crippen LogP contribution in [0.5, 0.6) is 0 Å². The quantitative estimate of drug-likeness (QED) is 0.471. The molecular weight excluding hydrogens is 528 g/mol. The zero-order valence-corrected chi connectivity index (χ0v) is 24.3. The summed E-state index contributed by atoms with van der Waals surface area (Å²) in [6, 6.07) is 7.56. The molecule has 1 aliphatic carbocycles. The third kappa shape index (κ3) is 5.49. The summed E-state index contributed by atoms with van der Waals surface area (Å²) in [5.74, 6) is 1.35. The van der Waals surface area contributed by atoms with E-state index in [1.807, 2.05) is 23.1 Å². The molecule has 4 heterocycles. The van der Waals surface area contributed by atoms with Crippen LogP contribution in [0.4, 0.5) is 4.79 Å². The van der Waals surface area contributed by atoms with Crippen molar-refractivity contribution in [1.29, 1.82) is 0 Å². The predicted molar refractivity (Wildman–Crippen MR) is 153 cm³/mol. The SMILES string of the molecule is Cc1onc(-c2ccccc2Cl)c1C(=O)N1CCC(C2CC3(CCNCC3)OC(=O)N2CC2CCCCC2)CC1. The summed E-state index contributed by atoms with van der Waals surface area (Å²) < 4.78 is 11.7. The number of rotatable bonds is 5. The maximum atomic E-state index is 13.8. The van der Waals surface area contributed by atoms with Crippen molar-refractivity contribution < 1.29 is 18.8 Å². The van der Waals surface area contributed by atoms with E-state index in [-0.39, 0.29) is 23.6 Å². The number of likely N-dealkylation sites (tertiary alicyclic amines) is 1. The van der Waals surface area contributed by atoms with Crippen molar-refractivity contribution in [2.75, 3.05) is 32.7 Å². The highest BCUT2D eigenvalue weighted by Crippen LogP contribution is 2.41. The van der Waals surface area contributed by atoms with Gasteiger partial charge in [0.15, 0.2) is 0 Å². The highest BCUT2D eigenvalue weighted by atomic mass is 35.5. The Morgan fingerprint density at radius 3 is 2.55 bits per heavy atom. The van der Waals surface area contributed by atoms with Crippen LogP contribution in [0.25, 0.3) is 11.3 Å². The Balaban J connectivity index is 1.18. The lowest BCUT2D eigenvalue weighted by molar-refractivity contribution is -0.101. The lowest BCUT2D eigenvalue weighted by atomic mass is 9.76. The second-order valence-corrected chi connectivity index (χ2v) is 12.7. The molecule has 1 unspecified atom stereocenters. The number of piperidine rings is 2. The van der Waals surface area contributed by atoms with Gasteiger partial charge in [-0.2, -0.15) is 0 Å². The monoisotopic (exact) mass is 568 g/mol. The van der Waals surface area contributed by atoms with E-state index in [9.17, 15) is 9.59 Å². The van der Waals surface area contributed by atoms with E-state index in [1.54, 1.807) is 13.0 Å². The van der Waals surface area contributed by atoms with Gasteiger partial charge in [-0.05, 0) is 76.4 Å². The van der Waals surface area contributed by atoms with Gasteiger partial charge in [-0.3, -0.25) is 4.79 Å². The van der Waals surface area contributed by atoms with Gasteiger partial charge in [0.2, 0.25) is 0 Å². The fraction of sp³-hybridized carbons (Fsp3) is 0.645. The molecule has 216 valence electrons. The van der Waals surface area contributed by atoms with Crippen LogP contribution in [0, 0.1) is 18.8 Å². The smallest absolute Gasteiger partial charge is 0.410 e. The number of nitrogens with one attached hydrogen (secondary N) is 1. The van der Waals surface area contributed by atoms with E-state index in [0.29, 0.717) is 52.5 Å². The minimum absolute atomic E-state index is 0.0657. The van der Waals surface area contributed by atoms with E-state index in [4.69, 9.17) is 20.9 Å². The zero-order valence-electron chi connectivity index (χ0n) is 23.5. The Hall–Kier alpha value is -2.58. The molecule has 1 atom stereocenters. The number of ether oxygens (including phenoxy) is 1. The van der Waals surface area contributed by atoms with Crippen LogP contribution in [-0.2, 0) is 4.74 Å². The molecule has 3 aliphatic heterocycles. The minimum atomic E-state index is -0.355. The Morgan fingerprint density at radius 2 is 1.82 bits per heavy atom. The Kier molecular flexibility index (Phi) is 8.09. The first-order valence-corrected chi connectivity index (χ1v) is 15.5. The molecule has 8 nitrogen and oxygen atoms in total. The molecule has 2 amide bonds. The summed E-state index contributed by atoms with van der Waals surface area (Å²) in [4.78, 5) is 31.3. The molecule has 1 saturated carbocycles. The van der Waals surface area contributed by atoms with Crippen molar-refractivity contribution >= 4 is 23.6 Å². The standard InChI is InChI=1S/C31H41ClN4O4/c1-21-27(28(34-40-21)24-9-5-6-10-25(24)32)29(37)35-17-11-23(12-18-35)26-19-31(13-15-33-16-14-31)39-30(38)36(26)20-22-7-3-2-4-8-22/h5-6,9-10,22-23,26,33H,2-4,7-8,11-20H2,1H3. The van der Waals surface area contributed by atoms with Crippen LogP contribution in [-0.4, -0.2) is 71.3 Å². The number of carbonyl (C=O) groups excluding carboxylic acids is 2. The van der Waals surface area contributed by atoms with Crippen molar-refractivity contribution in [3.05, 3.63) is 40.6 Å². The van der Waals surface area contributed by atoms with Crippen molar-refractivity contribution in [2.45, 2.75) is 82.8 Å². The second kappa shape index (κ2) is 11.7. The zero-order chi connectivity index (χ0) is 27.7. The molecule has 1 aromatic heterocycles.